The molecule has 0 amide bonds. The average molecular weight is 383 g/mol. The SMILES string of the molecule is CCSc1nnc2n(-c3ccc(C)cc3)c(=O)c3c4c(sc3n12)CCC4. The third-order valence-electron chi connectivity index (χ3n) is 4.90. The van der Waals surface area contributed by atoms with Crippen LogP contribution >= 0.6 is 23.1 Å². The molecule has 1 aliphatic carbocycles. The van der Waals surface area contributed by atoms with E-state index in [-0.39, 0.29) is 5.56 Å². The van der Waals surface area contributed by atoms with Gasteiger partial charge in [-0.3, -0.25) is 4.79 Å². The lowest BCUT2D eigenvalue weighted by molar-refractivity contribution is 0.910. The third-order valence-corrected chi connectivity index (χ3v) is 6.99. The number of thioether (sulfide) groups is 1. The Labute approximate surface area is 158 Å². The molecule has 0 radical (unpaired) electrons. The van der Waals surface area contributed by atoms with Crippen molar-refractivity contribution in [3.05, 3.63) is 50.6 Å². The number of hydrogen-bond acceptors (Lipinski definition) is 5. The van der Waals surface area contributed by atoms with Gasteiger partial charge in [-0.05, 0) is 49.6 Å². The first kappa shape index (κ1) is 16.1. The maximum atomic E-state index is 13.5. The summed E-state index contributed by atoms with van der Waals surface area (Å²) in [5, 5.41) is 10.5. The summed E-state index contributed by atoms with van der Waals surface area (Å²) in [7, 11) is 0. The summed E-state index contributed by atoms with van der Waals surface area (Å²) in [5.41, 5.74) is 3.26. The largest absolute Gasteiger partial charge is 0.268 e. The maximum Gasteiger partial charge on any atom is 0.268 e. The van der Waals surface area contributed by atoms with Crippen LogP contribution in [0.3, 0.4) is 0 Å². The van der Waals surface area contributed by atoms with Crippen LogP contribution in [-0.2, 0) is 12.8 Å². The summed E-state index contributed by atoms with van der Waals surface area (Å²) in [5.74, 6) is 1.51. The van der Waals surface area contributed by atoms with Gasteiger partial charge in [0.15, 0.2) is 5.16 Å². The van der Waals surface area contributed by atoms with Crippen molar-refractivity contribution in [1.82, 2.24) is 19.2 Å². The van der Waals surface area contributed by atoms with Crippen molar-refractivity contribution in [1.29, 1.82) is 0 Å². The van der Waals surface area contributed by atoms with Gasteiger partial charge in [0.25, 0.3) is 5.56 Å². The van der Waals surface area contributed by atoms with Crippen LogP contribution in [-0.4, -0.2) is 24.9 Å². The summed E-state index contributed by atoms with van der Waals surface area (Å²) < 4.78 is 3.80. The molecule has 0 unspecified atom stereocenters. The Morgan fingerprint density at radius 1 is 1.19 bits per heavy atom. The van der Waals surface area contributed by atoms with Crippen molar-refractivity contribution < 1.29 is 0 Å². The van der Waals surface area contributed by atoms with Crippen LogP contribution in [0, 0.1) is 6.92 Å². The van der Waals surface area contributed by atoms with E-state index in [1.807, 2.05) is 31.2 Å². The van der Waals surface area contributed by atoms with Crippen LogP contribution in [0.2, 0.25) is 0 Å². The molecule has 1 aliphatic rings. The van der Waals surface area contributed by atoms with E-state index in [1.54, 1.807) is 27.7 Å². The number of benzene rings is 1. The first-order valence-electron chi connectivity index (χ1n) is 8.83. The van der Waals surface area contributed by atoms with Crippen LogP contribution in [0.15, 0.2) is 34.2 Å². The summed E-state index contributed by atoms with van der Waals surface area (Å²) in [6.45, 7) is 4.15. The molecule has 0 spiro atoms. The molecule has 0 bridgehead atoms. The van der Waals surface area contributed by atoms with Crippen molar-refractivity contribution in [2.24, 2.45) is 0 Å². The third kappa shape index (κ3) is 2.20. The number of thiophene rings is 1. The summed E-state index contributed by atoms with van der Waals surface area (Å²) in [6.07, 6.45) is 3.19. The van der Waals surface area contributed by atoms with E-state index in [2.05, 4.69) is 21.5 Å². The van der Waals surface area contributed by atoms with Gasteiger partial charge in [-0.2, -0.15) is 0 Å². The van der Waals surface area contributed by atoms with Crippen LogP contribution in [0.1, 0.15) is 29.3 Å². The second-order valence-electron chi connectivity index (χ2n) is 6.56. The zero-order valence-corrected chi connectivity index (χ0v) is 16.3. The van der Waals surface area contributed by atoms with Crippen molar-refractivity contribution >= 4 is 39.1 Å². The Hall–Kier alpha value is -2.12. The van der Waals surface area contributed by atoms with E-state index in [9.17, 15) is 4.79 Å². The number of aryl methyl sites for hydroxylation is 3. The Kier molecular flexibility index (Phi) is 3.68. The molecule has 3 aromatic heterocycles. The Balaban J connectivity index is 1.95. The zero-order chi connectivity index (χ0) is 17.8. The molecule has 3 heterocycles. The van der Waals surface area contributed by atoms with E-state index in [0.29, 0.717) is 5.78 Å². The van der Waals surface area contributed by atoms with Crippen LogP contribution in [0.25, 0.3) is 21.7 Å². The van der Waals surface area contributed by atoms with Crippen LogP contribution in [0.5, 0.6) is 0 Å². The van der Waals surface area contributed by atoms with Gasteiger partial charge in [0, 0.05) is 4.88 Å². The fourth-order valence-electron chi connectivity index (χ4n) is 3.70. The topological polar surface area (TPSA) is 52.2 Å². The molecule has 132 valence electrons. The Bertz CT molecular complexity index is 1200. The van der Waals surface area contributed by atoms with Gasteiger partial charge in [0.05, 0.1) is 11.1 Å². The minimum Gasteiger partial charge on any atom is -0.268 e. The molecule has 0 fully saturated rings. The van der Waals surface area contributed by atoms with Crippen molar-refractivity contribution in [2.45, 2.75) is 38.3 Å². The predicted molar refractivity (Wildman–Crippen MR) is 107 cm³/mol. The standard InChI is InChI=1S/C19H18N4OS2/c1-3-25-19-21-20-18-22(12-9-7-11(2)8-10-12)16(24)15-13-5-4-6-14(13)26-17(15)23(18)19/h7-10H,3-6H2,1-2H3. The molecule has 7 heteroatoms. The number of fused-ring (bicyclic) bond motifs is 5. The smallest absolute Gasteiger partial charge is 0.268 e. The lowest BCUT2D eigenvalue weighted by Gasteiger charge is -2.10. The van der Waals surface area contributed by atoms with E-state index in [4.69, 9.17) is 0 Å². The van der Waals surface area contributed by atoms with E-state index < -0.39 is 0 Å². The molecule has 0 saturated heterocycles. The highest BCUT2D eigenvalue weighted by Gasteiger charge is 2.26. The number of nitrogens with zero attached hydrogens (tertiary/aromatic N) is 4. The van der Waals surface area contributed by atoms with E-state index >= 15 is 0 Å². The maximum absolute atomic E-state index is 13.5. The normalized spacial score (nSPS) is 13.8. The molecule has 1 aromatic carbocycles. The van der Waals surface area contributed by atoms with Crippen molar-refractivity contribution in [2.75, 3.05) is 5.75 Å². The van der Waals surface area contributed by atoms with Crippen molar-refractivity contribution in [3.8, 4) is 5.69 Å². The monoisotopic (exact) mass is 382 g/mol. The first-order valence-corrected chi connectivity index (χ1v) is 10.6. The van der Waals surface area contributed by atoms with E-state index in [1.165, 1.54) is 16.0 Å². The molecule has 0 atom stereocenters. The summed E-state index contributed by atoms with van der Waals surface area (Å²) in [6, 6.07) is 8.02. The second kappa shape index (κ2) is 5.96. The lowest BCUT2D eigenvalue weighted by Crippen LogP contribution is -2.21. The van der Waals surface area contributed by atoms with Gasteiger partial charge >= 0.3 is 0 Å². The molecule has 26 heavy (non-hydrogen) atoms. The number of rotatable bonds is 3. The fourth-order valence-corrected chi connectivity index (χ4v) is 5.80. The van der Waals surface area contributed by atoms with Gasteiger partial charge in [-0.25, -0.2) is 8.97 Å². The molecule has 0 saturated carbocycles. The number of aromatic nitrogens is 4. The quantitative estimate of drug-likeness (QED) is 0.503. The molecule has 0 aliphatic heterocycles. The van der Waals surface area contributed by atoms with Crippen molar-refractivity contribution in [3.63, 3.8) is 0 Å². The summed E-state index contributed by atoms with van der Waals surface area (Å²) in [4.78, 5) is 15.8. The predicted octanol–water partition coefficient (Wildman–Crippen LogP) is 4.00. The highest BCUT2D eigenvalue weighted by molar-refractivity contribution is 7.99. The highest BCUT2D eigenvalue weighted by Crippen LogP contribution is 2.37. The summed E-state index contributed by atoms with van der Waals surface area (Å²) >= 11 is 3.40. The van der Waals surface area contributed by atoms with Crippen LogP contribution < -0.4 is 5.56 Å². The molecular weight excluding hydrogens is 364 g/mol. The second-order valence-corrected chi connectivity index (χ2v) is 8.88. The lowest BCUT2D eigenvalue weighted by atomic mass is 10.2. The van der Waals surface area contributed by atoms with Gasteiger partial charge < -0.3 is 0 Å². The van der Waals surface area contributed by atoms with Gasteiger partial charge in [-0.15, -0.1) is 21.5 Å². The number of hydrogen-bond donors (Lipinski definition) is 0. The van der Waals surface area contributed by atoms with E-state index in [0.717, 1.165) is 46.1 Å². The highest BCUT2D eigenvalue weighted by atomic mass is 32.2. The van der Waals surface area contributed by atoms with Gasteiger partial charge in [0.2, 0.25) is 5.78 Å². The fraction of sp³-hybridized carbons (Fsp3) is 0.316. The van der Waals surface area contributed by atoms with Crippen LogP contribution in [0.4, 0.5) is 0 Å². The Morgan fingerprint density at radius 2 is 2.00 bits per heavy atom. The minimum atomic E-state index is 0.0243. The molecule has 5 nitrogen and oxygen atoms in total. The average Bonchev–Trinajstić information content (AvgIpc) is 3.31. The van der Waals surface area contributed by atoms with Gasteiger partial charge in [0.1, 0.15) is 4.83 Å². The molecule has 0 N–H and O–H groups in total. The Morgan fingerprint density at radius 3 is 2.77 bits per heavy atom. The van der Waals surface area contributed by atoms with Gasteiger partial charge in [-0.1, -0.05) is 36.4 Å². The first-order chi connectivity index (χ1) is 12.7. The molecule has 4 aromatic rings. The zero-order valence-electron chi connectivity index (χ0n) is 14.7. The molecule has 5 rings (SSSR count). The molecular formula is C19H18N4OS2. The minimum absolute atomic E-state index is 0.0243.